The Hall–Kier alpha value is -1.10. The van der Waals surface area contributed by atoms with E-state index >= 15 is 0 Å². The van der Waals surface area contributed by atoms with Gasteiger partial charge in [-0.25, -0.2) is 0 Å². The molecule has 0 bridgehead atoms. The zero-order chi connectivity index (χ0) is 10.1. The van der Waals surface area contributed by atoms with Crippen molar-refractivity contribution in [2.45, 2.75) is 19.6 Å². The van der Waals surface area contributed by atoms with Gasteiger partial charge in [0, 0.05) is 5.92 Å². The average molecular weight is 200 g/mol. The number of esters is 2. The van der Waals surface area contributed by atoms with Crippen LogP contribution < -0.4 is 0 Å². The monoisotopic (exact) mass is 200 g/mol. The van der Waals surface area contributed by atoms with Gasteiger partial charge in [0.05, 0.1) is 13.2 Å². The van der Waals surface area contributed by atoms with Gasteiger partial charge in [0.2, 0.25) is 6.29 Å². The van der Waals surface area contributed by atoms with Crippen LogP contribution in [-0.2, 0) is 23.8 Å². The summed E-state index contributed by atoms with van der Waals surface area (Å²) >= 11 is 0. The van der Waals surface area contributed by atoms with Crippen molar-refractivity contribution in [1.82, 2.24) is 0 Å². The highest BCUT2D eigenvalue weighted by molar-refractivity contribution is 5.96. The van der Waals surface area contributed by atoms with Gasteiger partial charge in [-0.3, -0.25) is 9.59 Å². The van der Waals surface area contributed by atoms with Gasteiger partial charge in [-0.1, -0.05) is 0 Å². The van der Waals surface area contributed by atoms with E-state index in [4.69, 9.17) is 14.2 Å². The highest BCUT2D eigenvalue weighted by Gasteiger charge is 2.52. The van der Waals surface area contributed by atoms with Crippen molar-refractivity contribution >= 4 is 11.9 Å². The number of rotatable bonds is 2. The van der Waals surface area contributed by atoms with Crippen LogP contribution in [-0.4, -0.2) is 31.4 Å². The summed E-state index contributed by atoms with van der Waals surface area (Å²) in [7, 11) is 0. The molecule has 2 saturated heterocycles. The first-order valence-electron chi connectivity index (χ1n) is 4.72. The van der Waals surface area contributed by atoms with Gasteiger partial charge in [0.15, 0.2) is 5.92 Å². The summed E-state index contributed by atoms with van der Waals surface area (Å²) in [5, 5.41) is 0. The zero-order valence-electron chi connectivity index (χ0n) is 7.89. The molecule has 14 heavy (non-hydrogen) atoms. The van der Waals surface area contributed by atoms with Gasteiger partial charge in [0.1, 0.15) is 0 Å². The second kappa shape index (κ2) is 3.57. The molecule has 0 amide bonds. The lowest BCUT2D eigenvalue weighted by atomic mass is 9.93. The minimum absolute atomic E-state index is 0.151. The molecule has 5 nitrogen and oxygen atoms in total. The molecule has 0 N–H and O–H groups in total. The third-order valence-electron chi connectivity index (χ3n) is 2.54. The van der Waals surface area contributed by atoms with Gasteiger partial charge in [-0.05, 0) is 13.3 Å². The minimum Gasteiger partial charge on any atom is -0.465 e. The molecular weight excluding hydrogens is 188 g/mol. The maximum atomic E-state index is 11.4. The van der Waals surface area contributed by atoms with E-state index in [1.165, 1.54) is 0 Å². The molecule has 2 fully saturated rings. The molecule has 0 aromatic heterocycles. The van der Waals surface area contributed by atoms with Crippen molar-refractivity contribution in [3.05, 3.63) is 0 Å². The van der Waals surface area contributed by atoms with E-state index in [-0.39, 0.29) is 12.5 Å². The quantitative estimate of drug-likeness (QED) is 0.467. The van der Waals surface area contributed by atoms with Crippen molar-refractivity contribution in [1.29, 1.82) is 0 Å². The van der Waals surface area contributed by atoms with E-state index in [1.807, 2.05) is 0 Å². The number of hydrogen-bond donors (Lipinski definition) is 0. The minimum atomic E-state index is -0.776. The highest BCUT2D eigenvalue weighted by atomic mass is 16.7. The van der Waals surface area contributed by atoms with Crippen molar-refractivity contribution in [2.24, 2.45) is 11.8 Å². The van der Waals surface area contributed by atoms with E-state index < -0.39 is 24.1 Å². The summed E-state index contributed by atoms with van der Waals surface area (Å²) in [4.78, 5) is 22.7. The maximum Gasteiger partial charge on any atom is 0.323 e. The average Bonchev–Trinajstić information content (AvgIpc) is 2.63. The summed E-state index contributed by atoms with van der Waals surface area (Å²) in [6, 6.07) is 0. The lowest BCUT2D eigenvalue weighted by Crippen LogP contribution is -2.27. The third-order valence-corrected chi connectivity index (χ3v) is 2.54. The molecule has 0 unspecified atom stereocenters. The molecule has 5 heteroatoms. The third kappa shape index (κ3) is 1.37. The largest absolute Gasteiger partial charge is 0.465 e. The van der Waals surface area contributed by atoms with Crippen LogP contribution in [0.3, 0.4) is 0 Å². The first-order valence-corrected chi connectivity index (χ1v) is 4.72. The fraction of sp³-hybridized carbons (Fsp3) is 0.778. The lowest BCUT2D eigenvalue weighted by Gasteiger charge is -2.09. The molecule has 2 aliphatic rings. The number of carbonyl (C=O) groups is 2. The summed E-state index contributed by atoms with van der Waals surface area (Å²) in [6.07, 6.45) is 0.150. The van der Waals surface area contributed by atoms with Crippen LogP contribution in [0.4, 0.5) is 0 Å². The second-order valence-corrected chi connectivity index (χ2v) is 3.36. The summed E-state index contributed by atoms with van der Waals surface area (Å²) in [6.45, 7) is 2.53. The first kappa shape index (κ1) is 9.45. The van der Waals surface area contributed by atoms with E-state index in [0.717, 1.165) is 0 Å². The van der Waals surface area contributed by atoms with Gasteiger partial charge >= 0.3 is 11.9 Å². The predicted octanol–water partition coefficient (Wildman–Crippen LogP) is 0.0851. The number of fused-ring (bicyclic) bond motifs is 1. The van der Waals surface area contributed by atoms with Crippen LogP contribution in [0, 0.1) is 11.8 Å². The molecule has 2 heterocycles. The van der Waals surface area contributed by atoms with Crippen LogP contribution in [0.2, 0.25) is 0 Å². The van der Waals surface area contributed by atoms with E-state index in [0.29, 0.717) is 13.0 Å². The molecule has 0 aliphatic carbocycles. The topological polar surface area (TPSA) is 61.8 Å². The number of carbonyl (C=O) groups excluding carboxylic acids is 2. The Labute approximate surface area is 81.3 Å². The number of ether oxygens (including phenoxy) is 3. The fourth-order valence-corrected chi connectivity index (χ4v) is 1.89. The molecule has 0 saturated carbocycles. The Morgan fingerprint density at radius 1 is 1.64 bits per heavy atom. The lowest BCUT2D eigenvalue weighted by molar-refractivity contribution is -0.163. The summed E-state index contributed by atoms with van der Waals surface area (Å²) in [5.41, 5.74) is 0. The Morgan fingerprint density at radius 3 is 3.14 bits per heavy atom. The smallest absolute Gasteiger partial charge is 0.323 e. The van der Waals surface area contributed by atoms with Gasteiger partial charge in [0.25, 0.3) is 0 Å². The molecule has 2 aliphatic heterocycles. The van der Waals surface area contributed by atoms with Crippen molar-refractivity contribution in [3.63, 3.8) is 0 Å². The fourth-order valence-electron chi connectivity index (χ4n) is 1.89. The number of hydrogen-bond acceptors (Lipinski definition) is 5. The van der Waals surface area contributed by atoms with Crippen LogP contribution in [0.1, 0.15) is 13.3 Å². The second-order valence-electron chi connectivity index (χ2n) is 3.36. The van der Waals surface area contributed by atoms with Gasteiger partial charge in [-0.2, -0.15) is 0 Å². The Balaban J connectivity index is 2.09. The maximum absolute atomic E-state index is 11.4. The summed E-state index contributed by atoms with van der Waals surface area (Å²) in [5.74, 6) is -1.93. The molecule has 3 atom stereocenters. The molecule has 78 valence electrons. The SMILES string of the molecule is CCOC(=O)[C@@H]1C(=O)O[C@H]2OCC[C@@H]21. The highest BCUT2D eigenvalue weighted by Crippen LogP contribution is 2.36. The van der Waals surface area contributed by atoms with Crippen molar-refractivity contribution in [3.8, 4) is 0 Å². The predicted molar refractivity (Wildman–Crippen MR) is 44.1 cm³/mol. The standard InChI is InChI=1S/C9H12O5/c1-2-12-7(10)6-5-3-4-13-9(5)14-8(6)11/h5-6,9H,2-4H2,1H3/t5-,6-,9-/m1/s1. The van der Waals surface area contributed by atoms with Crippen LogP contribution in [0.5, 0.6) is 0 Å². The Kier molecular flexibility index (Phi) is 2.41. The molecule has 2 rings (SSSR count). The van der Waals surface area contributed by atoms with Gasteiger partial charge in [-0.15, -0.1) is 0 Å². The zero-order valence-corrected chi connectivity index (χ0v) is 7.89. The molecule has 0 aromatic carbocycles. The Morgan fingerprint density at radius 2 is 2.43 bits per heavy atom. The van der Waals surface area contributed by atoms with Crippen LogP contribution in [0.15, 0.2) is 0 Å². The van der Waals surface area contributed by atoms with Crippen molar-refractivity contribution in [2.75, 3.05) is 13.2 Å². The first-order chi connectivity index (χ1) is 6.74. The van der Waals surface area contributed by atoms with E-state index in [2.05, 4.69) is 0 Å². The molecule has 0 aromatic rings. The molecule has 0 radical (unpaired) electrons. The van der Waals surface area contributed by atoms with Crippen molar-refractivity contribution < 1.29 is 23.8 Å². The van der Waals surface area contributed by atoms with E-state index in [1.54, 1.807) is 6.92 Å². The van der Waals surface area contributed by atoms with Crippen LogP contribution >= 0.6 is 0 Å². The summed E-state index contributed by atoms with van der Waals surface area (Å²) < 4.78 is 14.9. The molecular formula is C9H12O5. The van der Waals surface area contributed by atoms with E-state index in [9.17, 15) is 9.59 Å². The van der Waals surface area contributed by atoms with Crippen LogP contribution in [0.25, 0.3) is 0 Å². The molecule has 0 spiro atoms. The van der Waals surface area contributed by atoms with Gasteiger partial charge < -0.3 is 14.2 Å². The normalized spacial score (nSPS) is 35.2. The Bertz CT molecular complexity index is 262.